The molecule has 3 nitrogen and oxygen atoms in total. The Kier molecular flexibility index (Phi) is 5.96. The first-order valence-electron chi connectivity index (χ1n) is 7.05. The molecule has 2 rings (SSSR count). The Balaban J connectivity index is 1.95. The Bertz CT molecular complexity index is 614. The van der Waals surface area contributed by atoms with Gasteiger partial charge in [0.15, 0.2) is 0 Å². The van der Waals surface area contributed by atoms with Gasteiger partial charge in [-0.05, 0) is 30.8 Å². The summed E-state index contributed by atoms with van der Waals surface area (Å²) in [6.45, 7) is 1.67. The fourth-order valence-electron chi connectivity index (χ4n) is 2.14. The molecule has 0 unspecified atom stereocenters. The minimum absolute atomic E-state index is 0.107. The van der Waals surface area contributed by atoms with Gasteiger partial charge in [-0.2, -0.15) is 0 Å². The van der Waals surface area contributed by atoms with E-state index in [-0.39, 0.29) is 6.61 Å². The van der Waals surface area contributed by atoms with E-state index in [1.54, 1.807) is 0 Å². The topological polar surface area (TPSA) is 36.4 Å². The van der Waals surface area contributed by atoms with E-state index in [4.69, 9.17) is 5.11 Å². The highest BCUT2D eigenvalue weighted by Crippen LogP contribution is 2.10. The number of pyridine rings is 1. The number of benzene rings is 1. The van der Waals surface area contributed by atoms with Crippen molar-refractivity contribution >= 4 is 0 Å². The molecule has 1 aromatic carbocycles. The van der Waals surface area contributed by atoms with Gasteiger partial charge >= 0.3 is 0 Å². The smallest absolute Gasteiger partial charge is 0.104 e. The molecule has 1 aromatic heterocycles. The van der Waals surface area contributed by atoms with E-state index in [1.807, 2.05) is 36.5 Å². The van der Waals surface area contributed by atoms with Crippen molar-refractivity contribution in [3.05, 3.63) is 65.5 Å². The van der Waals surface area contributed by atoms with Crippen molar-refractivity contribution in [3.63, 3.8) is 0 Å². The van der Waals surface area contributed by atoms with E-state index in [1.165, 1.54) is 5.56 Å². The number of aliphatic hydroxyl groups is 1. The van der Waals surface area contributed by atoms with Crippen LogP contribution in [-0.4, -0.2) is 35.2 Å². The summed E-state index contributed by atoms with van der Waals surface area (Å²) in [6, 6.07) is 14.1. The molecule has 0 atom stereocenters. The molecule has 0 amide bonds. The quantitative estimate of drug-likeness (QED) is 0.852. The molecule has 0 aliphatic rings. The number of rotatable bonds is 5. The monoisotopic (exact) mass is 280 g/mol. The Labute approximate surface area is 126 Å². The van der Waals surface area contributed by atoms with Crippen LogP contribution >= 0.6 is 0 Å². The van der Waals surface area contributed by atoms with Gasteiger partial charge in [0.2, 0.25) is 0 Å². The zero-order chi connectivity index (χ0) is 14.9. The summed E-state index contributed by atoms with van der Waals surface area (Å²) in [4.78, 5) is 6.60. The molecule has 0 aliphatic carbocycles. The number of likely N-dealkylation sites (N-methyl/N-ethyl adjacent to an activating group) is 1. The van der Waals surface area contributed by atoms with Gasteiger partial charge in [0.05, 0.1) is 0 Å². The molecule has 1 heterocycles. The molecule has 1 N–H and O–H groups in total. The highest BCUT2D eigenvalue weighted by Gasteiger charge is 2.04. The van der Waals surface area contributed by atoms with Gasteiger partial charge in [-0.15, -0.1) is 0 Å². The molecule has 108 valence electrons. The van der Waals surface area contributed by atoms with Crippen LogP contribution in [0.1, 0.15) is 16.8 Å². The Morgan fingerprint density at radius 2 is 1.95 bits per heavy atom. The third-order valence-electron chi connectivity index (χ3n) is 3.24. The lowest BCUT2D eigenvalue weighted by molar-refractivity contribution is 0.329. The van der Waals surface area contributed by atoms with Crippen LogP contribution in [0.3, 0.4) is 0 Å². The van der Waals surface area contributed by atoms with Crippen molar-refractivity contribution in [2.45, 2.75) is 13.0 Å². The third kappa shape index (κ3) is 5.03. The van der Waals surface area contributed by atoms with E-state index in [0.717, 1.165) is 30.8 Å². The average molecular weight is 280 g/mol. The maximum absolute atomic E-state index is 8.82. The lowest BCUT2D eigenvalue weighted by Crippen LogP contribution is -2.21. The third-order valence-corrected chi connectivity index (χ3v) is 3.24. The summed E-state index contributed by atoms with van der Waals surface area (Å²) >= 11 is 0. The van der Waals surface area contributed by atoms with E-state index in [0.29, 0.717) is 0 Å². The second-order valence-corrected chi connectivity index (χ2v) is 4.93. The van der Waals surface area contributed by atoms with Gasteiger partial charge in [-0.1, -0.05) is 36.1 Å². The SMILES string of the molecule is CN(CCc1ccccn1)Cc1ccccc1C#CCO. The van der Waals surface area contributed by atoms with Crippen LogP contribution in [0.2, 0.25) is 0 Å². The van der Waals surface area contributed by atoms with E-state index < -0.39 is 0 Å². The first-order chi connectivity index (χ1) is 10.3. The van der Waals surface area contributed by atoms with Crippen molar-refractivity contribution in [1.29, 1.82) is 0 Å². The minimum atomic E-state index is -0.107. The van der Waals surface area contributed by atoms with Crippen LogP contribution < -0.4 is 0 Å². The normalized spacial score (nSPS) is 10.2. The lowest BCUT2D eigenvalue weighted by Gasteiger charge is -2.17. The Hall–Kier alpha value is -2.15. The molecule has 0 spiro atoms. The van der Waals surface area contributed by atoms with Gasteiger partial charge in [0, 0.05) is 37.0 Å². The molecule has 2 aromatic rings. The van der Waals surface area contributed by atoms with Gasteiger partial charge in [0.1, 0.15) is 6.61 Å². The van der Waals surface area contributed by atoms with Crippen LogP contribution in [-0.2, 0) is 13.0 Å². The van der Waals surface area contributed by atoms with Gasteiger partial charge in [-0.3, -0.25) is 4.98 Å². The highest BCUT2D eigenvalue weighted by atomic mass is 16.2. The van der Waals surface area contributed by atoms with Crippen LogP contribution in [0, 0.1) is 11.8 Å². The largest absolute Gasteiger partial charge is 0.384 e. The van der Waals surface area contributed by atoms with Crippen molar-refractivity contribution < 1.29 is 5.11 Å². The highest BCUT2D eigenvalue weighted by molar-refractivity contribution is 5.41. The van der Waals surface area contributed by atoms with Gasteiger partial charge in [-0.25, -0.2) is 0 Å². The summed E-state index contributed by atoms with van der Waals surface area (Å²) in [5, 5.41) is 8.82. The fourth-order valence-corrected chi connectivity index (χ4v) is 2.14. The Morgan fingerprint density at radius 1 is 1.14 bits per heavy atom. The first-order valence-corrected chi connectivity index (χ1v) is 7.05. The molecule has 0 saturated carbocycles. The average Bonchev–Trinajstić information content (AvgIpc) is 2.53. The van der Waals surface area contributed by atoms with Crippen molar-refractivity contribution in [3.8, 4) is 11.8 Å². The first kappa shape index (κ1) is 15.2. The van der Waals surface area contributed by atoms with E-state index in [9.17, 15) is 0 Å². The molecule has 0 aliphatic heterocycles. The number of aliphatic hydroxyl groups excluding tert-OH is 1. The maximum Gasteiger partial charge on any atom is 0.104 e. The molecule has 21 heavy (non-hydrogen) atoms. The Morgan fingerprint density at radius 3 is 2.71 bits per heavy atom. The van der Waals surface area contributed by atoms with Crippen molar-refractivity contribution in [1.82, 2.24) is 9.88 Å². The molecular weight excluding hydrogens is 260 g/mol. The second kappa shape index (κ2) is 8.21. The summed E-state index contributed by atoms with van der Waals surface area (Å²) in [7, 11) is 2.10. The lowest BCUT2D eigenvalue weighted by atomic mass is 10.1. The van der Waals surface area contributed by atoms with E-state index in [2.05, 4.69) is 40.9 Å². The molecular formula is C18H20N2O. The van der Waals surface area contributed by atoms with Crippen LogP contribution in [0.25, 0.3) is 0 Å². The summed E-state index contributed by atoms with van der Waals surface area (Å²) in [5.74, 6) is 5.72. The standard InChI is InChI=1S/C18H20N2O/c1-20(13-11-18-10-4-5-12-19-18)15-17-8-3-2-7-16(17)9-6-14-21/h2-5,7-8,10,12,21H,11,13-15H2,1H3. The van der Waals surface area contributed by atoms with E-state index >= 15 is 0 Å². The molecule has 0 fully saturated rings. The van der Waals surface area contributed by atoms with Crippen molar-refractivity contribution in [2.75, 3.05) is 20.2 Å². The van der Waals surface area contributed by atoms with Crippen LogP contribution in [0.5, 0.6) is 0 Å². The van der Waals surface area contributed by atoms with Crippen LogP contribution in [0.15, 0.2) is 48.7 Å². The minimum Gasteiger partial charge on any atom is -0.384 e. The molecule has 0 bridgehead atoms. The summed E-state index contributed by atoms with van der Waals surface area (Å²) < 4.78 is 0. The predicted octanol–water partition coefficient (Wildman–Crippen LogP) is 2.10. The summed E-state index contributed by atoms with van der Waals surface area (Å²) in [6.07, 6.45) is 2.76. The predicted molar refractivity (Wildman–Crippen MR) is 84.7 cm³/mol. The number of hydrogen-bond acceptors (Lipinski definition) is 3. The molecule has 0 radical (unpaired) electrons. The second-order valence-electron chi connectivity index (χ2n) is 4.93. The maximum atomic E-state index is 8.82. The molecule has 0 saturated heterocycles. The number of hydrogen-bond donors (Lipinski definition) is 1. The number of nitrogens with zero attached hydrogens (tertiary/aromatic N) is 2. The zero-order valence-electron chi connectivity index (χ0n) is 12.3. The zero-order valence-corrected chi connectivity index (χ0v) is 12.3. The molecule has 3 heteroatoms. The van der Waals surface area contributed by atoms with Crippen molar-refractivity contribution in [2.24, 2.45) is 0 Å². The number of aromatic nitrogens is 1. The van der Waals surface area contributed by atoms with Crippen LogP contribution in [0.4, 0.5) is 0 Å². The summed E-state index contributed by atoms with van der Waals surface area (Å²) in [5.41, 5.74) is 3.27. The van der Waals surface area contributed by atoms with Gasteiger partial charge < -0.3 is 10.0 Å². The fraction of sp³-hybridized carbons (Fsp3) is 0.278. The van der Waals surface area contributed by atoms with Gasteiger partial charge in [0.25, 0.3) is 0 Å².